The molecule has 0 saturated heterocycles. The van der Waals surface area contributed by atoms with Gasteiger partial charge in [-0.3, -0.25) is 0 Å². The van der Waals surface area contributed by atoms with Crippen LogP contribution in [0.5, 0.6) is 0 Å². The average Bonchev–Trinajstić information content (AvgIpc) is 3.71. The first-order chi connectivity index (χ1) is 29.2. The summed E-state index contributed by atoms with van der Waals surface area (Å²) in [7, 11) is 0. The van der Waals surface area contributed by atoms with Crippen LogP contribution in [0.15, 0.2) is 217 Å². The Bertz CT molecular complexity index is 3300. The minimum absolute atomic E-state index is 0.580. The summed E-state index contributed by atoms with van der Waals surface area (Å²) in [6.07, 6.45) is 0. The largest absolute Gasteiger partial charge is 0.455 e. The maximum absolute atomic E-state index is 6.82. The van der Waals surface area contributed by atoms with Gasteiger partial charge in [0.05, 0.1) is 0 Å². The van der Waals surface area contributed by atoms with Gasteiger partial charge in [0, 0.05) is 33.0 Å². The first-order valence-corrected chi connectivity index (χ1v) is 19.9. The van der Waals surface area contributed by atoms with Crippen LogP contribution in [0.25, 0.3) is 111 Å². The van der Waals surface area contributed by atoms with Crippen LogP contribution in [-0.2, 0) is 0 Å². The molecule has 0 atom stereocenters. The van der Waals surface area contributed by atoms with E-state index < -0.39 is 0 Å². The second-order valence-electron chi connectivity index (χ2n) is 14.7. The van der Waals surface area contributed by atoms with E-state index in [0.29, 0.717) is 17.5 Å². The summed E-state index contributed by atoms with van der Waals surface area (Å²) in [5, 5.41) is 4.16. The number of para-hydroxylation sites is 1. The van der Waals surface area contributed by atoms with Gasteiger partial charge in [-0.2, -0.15) is 0 Å². The van der Waals surface area contributed by atoms with Gasteiger partial charge in [-0.25, -0.2) is 15.0 Å². The Kier molecular flexibility index (Phi) is 8.45. The molecular weight excluding hydrogens is 719 g/mol. The van der Waals surface area contributed by atoms with Crippen molar-refractivity contribution in [3.8, 4) is 78.7 Å². The van der Waals surface area contributed by atoms with E-state index in [4.69, 9.17) is 19.4 Å². The highest BCUT2D eigenvalue weighted by Gasteiger charge is 2.21. The van der Waals surface area contributed by atoms with Crippen molar-refractivity contribution < 1.29 is 4.42 Å². The SMILES string of the molecule is c1ccc(-c2ccc(-c3nc(-c4cccc5ccc(-c6ccccc6)cc45)nc(-c4cccc5oc6c(-c7ccccc7-c7ccccc7)cccc6c45)n3)cc2)cc1. The minimum Gasteiger partial charge on any atom is -0.455 e. The Labute approximate surface area is 341 Å². The predicted octanol–water partition coefficient (Wildman–Crippen LogP) is 14.6. The molecule has 0 bridgehead atoms. The molecule has 11 rings (SSSR count). The van der Waals surface area contributed by atoms with Gasteiger partial charge in [0.2, 0.25) is 0 Å². The first-order valence-electron chi connectivity index (χ1n) is 19.9. The van der Waals surface area contributed by atoms with Crippen LogP contribution in [0.4, 0.5) is 0 Å². The van der Waals surface area contributed by atoms with Gasteiger partial charge in [-0.1, -0.05) is 200 Å². The van der Waals surface area contributed by atoms with Crippen molar-refractivity contribution in [1.29, 1.82) is 0 Å². The highest BCUT2D eigenvalue weighted by atomic mass is 16.3. The van der Waals surface area contributed by atoms with Crippen LogP contribution in [0, 0.1) is 0 Å². The molecule has 0 unspecified atom stereocenters. The molecule has 2 aromatic heterocycles. The fourth-order valence-corrected chi connectivity index (χ4v) is 8.30. The molecule has 0 amide bonds. The van der Waals surface area contributed by atoms with E-state index in [0.717, 1.165) is 93.9 Å². The zero-order chi connectivity index (χ0) is 39.1. The van der Waals surface area contributed by atoms with Gasteiger partial charge in [0.1, 0.15) is 11.2 Å². The average molecular weight is 754 g/mol. The Morgan fingerprint density at radius 3 is 1.54 bits per heavy atom. The lowest BCUT2D eigenvalue weighted by Crippen LogP contribution is -2.01. The normalized spacial score (nSPS) is 11.4. The summed E-state index contributed by atoms with van der Waals surface area (Å²) in [4.78, 5) is 15.8. The molecule has 0 aliphatic heterocycles. The van der Waals surface area contributed by atoms with Crippen LogP contribution in [0.2, 0.25) is 0 Å². The molecule has 2 heterocycles. The smallest absolute Gasteiger partial charge is 0.164 e. The second-order valence-corrected chi connectivity index (χ2v) is 14.7. The van der Waals surface area contributed by atoms with Gasteiger partial charge in [-0.05, 0) is 61.8 Å². The van der Waals surface area contributed by atoms with Gasteiger partial charge in [0.25, 0.3) is 0 Å². The second kappa shape index (κ2) is 14.5. The van der Waals surface area contributed by atoms with Crippen molar-refractivity contribution in [2.45, 2.75) is 0 Å². The number of nitrogens with zero attached hydrogens (tertiary/aromatic N) is 3. The predicted molar refractivity (Wildman–Crippen MR) is 243 cm³/mol. The van der Waals surface area contributed by atoms with Crippen LogP contribution in [0.3, 0.4) is 0 Å². The summed E-state index contributed by atoms with van der Waals surface area (Å²) in [5.41, 5.74) is 13.4. The zero-order valence-corrected chi connectivity index (χ0v) is 32.0. The van der Waals surface area contributed by atoms with E-state index in [2.05, 4.69) is 182 Å². The molecule has 11 aromatic rings. The zero-order valence-electron chi connectivity index (χ0n) is 32.0. The monoisotopic (exact) mass is 753 g/mol. The van der Waals surface area contributed by atoms with Crippen molar-refractivity contribution in [3.05, 3.63) is 212 Å². The molecule has 0 spiro atoms. The fourth-order valence-electron chi connectivity index (χ4n) is 8.30. The molecule has 0 radical (unpaired) electrons. The van der Waals surface area contributed by atoms with Gasteiger partial charge in [0.15, 0.2) is 17.5 Å². The lowest BCUT2D eigenvalue weighted by atomic mass is 9.93. The van der Waals surface area contributed by atoms with Crippen molar-refractivity contribution in [1.82, 2.24) is 15.0 Å². The Morgan fingerprint density at radius 2 is 0.797 bits per heavy atom. The molecule has 4 nitrogen and oxygen atoms in total. The van der Waals surface area contributed by atoms with E-state index in [-0.39, 0.29) is 0 Å². The number of hydrogen-bond acceptors (Lipinski definition) is 4. The summed E-state index contributed by atoms with van der Waals surface area (Å²) in [5.74, 6) is 1.79. The van der Waals surface area contributed by atoms with Gasteiger partial charge in [-0.15, -0.1) is 0 Å². The van der Waals surface area contributed by atoms with Crippen LogP contribution in [0.1, 0.15) is 0 Å². The summed E-state index contributed by atoms with van der Waals surface area (Å²) in [6, 6.07) is 73.9. The third kappa shape index (κ3) is 6.24. The van der Waals surface area contributed by atoms with E-state index in [1.165, 1.54) is 0 Å². The van der Waals surface area contributed by atoms with Gasteiger partial charge >= 0.3 is 0 Å². The number of rotatable bonds is 7. The number of furan rings is 1. The number of aromatic nitrogens is 3. The molecule has 0 saturated carbocycles. The first kappa shape index (κ1) is 34.3. The highest BCUT2D eigenvalue weighted by Crippen LogP contribution is 2.43. The summed E-state index contributed by atoms with van der Waals surface area (Å²) in [6.45, 7) is 0. The quantitative estimate of drug-likeness (QED) is 0.163. The Hall–Kier alpha value is -7.95. The Balaban J connectivity index is 1.12. The van der Waals surface area contributed by atoms with E-state index in [9.17, 15) is 0 Å². The van der Waals surface area contributed by atoms with Gasteiger partial charge < -0.3 is 4.42 Å². The molecule has 0 aliphatic carbocycles. The Morgan fingerprint density at radius 1 is 0.288 bits per heavy atom. The maximum Gasteiger partial charge on any atom is 0.164 e. The molecule has 0 fully saturated rings. The standard InChI is InChI=1S/C55H35N3O/c1-4-15-36(16-5-1)38-29-32-41(33-30-38)53-56-54(46-25-12-21-40-31-34-42(35-49(40)46)37-17-6-2-7-18-37)58-55(57-53)48-27-14-28-50-51(48)47-26-13-24-45(52(47)59-50)44-23-11-10-22-43(44)39-19-8-3-9-20-39/h1-35H. The minimum atomic E-state index is 0.580. The summed E-state index contributed by atoms with van der Waals surface area (Å²) >= 11 is 0. The highest BCUT2D eigenvalue weighted by molar-refractivity contribution is 6.15. The number of hydrogen-bond donors (Lipinski definition) is 0. The summed E-state index contributed by atoms with van der Waals surface area (Å²) < 4.78 is 6.82. The van der Waals surface area contributed by atoms with E-state index in [1.54, 1.807) is 0 Å². The van der Waals surface area contributed by atoms with Crippen molar-refractivity contribution >= 4 is 32.7 Å². The van der Waals surface area contributed by atoms with Crippen LogP contribution in [-0.4, -0.2) is 15.0 Å². The van der Waals surface area contributed by atoms with Crippen molar-refractivity contribution in [3.63, 3.8) is 0 Å². The van der Waals surface area contributed by atoms with Crippen molar-refractivity contribution in [2.75, 3.05) is 0 Å². The third-order valence-corrected chi connectivity index (χ3v) is 11.2. The molecule has 59 heavy (non-hydrogen) atoms. The lowest BCUT2D eigenvalue weighted by Gasteiger charge is -2.12. The van der Waals surface area contributed by atoms with E-state index in [1.807, 2.05) is 30.3 Å². The molecule has 0 aliphatic rings. The molecule has 0 N–H and O–H groups in total. The topological polar surface area (TPSA) is 51.8 Å². The van der Waals surface area contributed by atoms with Crippen LogP contribution < -0.4 is 0 Å². The molecule has 276 valence electrons. The van der Waals surface area contributed by atoms with Crippen molar-refractivity contribution in [2.24, 2.45) is 0 Å². The number of benzene rings is 9. The lowest BCUT2D eigenvalue weighted by molar-refractivity contribution is 0.670. The maximum atomic E-state index is 6.82. The fraction of sp³-hybridized carbons (Fsp3) is 0. The molecule has 4 heteroatoms. The third-order valence-electron chi connectivity index (χ3n) is 11.2. The number of fused-ring (bicyclic) bond motifs is 4. The molecule has 9 aromatic carbocycles. The van der Waals surface area contributed by atoms with Crippen LogP contribution >= 0.6 is 0 Å². The molecular formula is C55H35N3O. The van der Waals surface area contributed by atoms with E-state index >= 15 is 0 Å².